The quantitative estimate of drug-likeness (QED) is 0.657. The zero-order valence-electron chi connectivity index (χ0n) is 15.0. The average Bonchev–Trinajstić information content (AvgIpc) is 3.04. The number of para-hydroxylation sites is 2. The van der Waals surface area contributed by atoms with E-state index in [4.69, 9.17) is 18.9 Å². The summed E-state index contributed by atoms with van der Waals surface area (Å²) in [5, 5.41) is 0. The molecule has 9 heteroatoms. The molecular formula is C19H17F3N2O4. The number of alkyl halides is 3. The molecule has 1 aliphatic heterocycles. The molecule has 2 heterocycles. The van der Waals surface area contributed by atoms with Crippen molar-refractivity contribution in [3.05, 3.63) is 42.2 Å². The molecule has 0 amide bonds. The number of methoxy groups -OCH3 is 1. The van der Waals surface area contributed by atoms with Gasteiger partial charge in [0.15, 0.2) is 23.0 Å². The normalized spacial score (nSPS) is 13.6. The van der Waals surface area contributed by atoms with E-state index in [1.807, 2.05) is 0 Å². The third-order valence-electron chi connectivity index (χ3n) is 4.31. The maximum absolute atomic E-state index is 13.5. The maximum atomic E-state index is 13.5. The lowest BCUT2D eigenvalue weighted by Gasteiger charge is -2.18. The molecule has 0 unspecified atom stereocenters. The second-order valence-electron chi connectivity index (χ2n) is 6.07. The van der Waals surface area contributed by atoms with Crippen LogP contribution in [-0.4, -0.2) is 36.5 Å². The zero-order chi connectivity index (χ0) is 19.7. The predicted octanol–water partition coefficient (Wildman–Crippen LogP) is 3.91. The summed E-state index contributed by atoms with van der Waals surface area (Å²) in [7, 11) is 1.50. The third-order valence-corrected chi connectivity index (χ3v) is 4.31. The van der Waals surface area contributed by atoms with E-state index in [2.05, 4.69) is 4.98 Å². The van der Waals surface area contributed by atoms with E-state index in [-0.39, 0.29) is 18.7 Å². The second-order valence-corrected chi connectivity index (χ2v) is 6.07. The van der Waals surface area contributed by atoms with Gasteiger partial charge in [-0.3, -0.25) is 0 Å². The first-order valence-corrected chi connectivity index (χ1v) is 8.60. The molecule has 0 aliphatic carbocycles. The Kier molecular flexibility index (Phi) is 4.66. The molecule has 6 nitrogen and oxygen atoms in total. The summed E-state index contributed by atoms with van der Waals surface area (Å²) in [4.78, 5) is 3.77. The Hall–Kier alpha value is -3.10. The van der Waals surface area contributed by atoms with Crippen LogP contribution in [0, 0.1) is 0 Å². The number of halogens is 3. The van der Waals surface area contributed by atoms with Crippen LogP contribution in [0.2, 0.25) is 0 Å². The number of fused-ring (bicyclic) bond motifs is 2. The van der Waals surface area contributed by atoms with Crippen LogP contribution in [0.3, 0.4) is 0 Å². The molecule has 0 saturated heterocycles. The van der Waals surface area contributed by atoms with Gasteiger partial charge in [0.25, 0.3) is 0 Å². The van der Waals surface area contributed by atoms with Gasteiger partial charge in [-0.25, -0.2) is 4.98 Å². The summed E-state index contributed by atoms with van der Waals surface area (Å²) in [6.45, 7) is 0.639. The minimum atomic E-state index is -4.61. The molecule has 3 aromatic rings. The van der Waals surface area contributed by atoms with Gasteiger partial charge in [0.1, 0.15) is 19.8 Å². The second kappa shape index (κ2) is 7.14. The number of imidazole rings is 1. The Balaban J connectivity index is 1.66. The van der Waals surface area contributed by atoms with Gasteiger partial charge in [0, 0.05) is 12.1 Å². The van der Waals surface area contributed by atoms with Gasteiger partial charge in [-0.2, -0.15) is 13.2 Å². The number of hydrogen-bond donors (Lipinski definition) is 0. The van der Waals surface area contributed by atoms with Gasteiger partial charge in [0.05, 0.1) is 24.7 Å². The van der Waals surface area contributed by atoms with E-state index in [0.717, 1.165) is 4.57 Å². The van der Waals surface area contributed by atoms with E-state index in [0.29, 0.717) is 41.7 Å². The highest BCUT2D eigenvalue weighted by Crippen LogP contribution is 2.38. The van der Waals surface area contributed by atoms with Crippen molar-refractivity contribution in [1.29, 1.82) is 0 Å². The molecule has 0 atom stereocenters. The SMILES string of the molecule is COc1ccccc1OCCn1c(C(F)(F)F)nc2cc3c(cc21)OCCO3. The van der Waals surface area contributed by atoms with Gasteiger partial charge in [0.2, 0.25) is 5.82 Å². The number of ether oxygens (including phenoxy) is 4. The van der Waals surface area contributed by atoms with Crippen molar-refractivity contribution in [2.45, 2.75) is 12.7 Å². The lowest BCUT2D eigenvalue weighted by atomic mass is 10.2. The van der Waals surface area contributed by atoms with E-state index in [1.165, 1.54) is 19.2 Å². The number of benzene rings is 2. The van der Waals surface area contributed by atoms with Crippen molar-refractivity contribution < 1.29 is 32.1 Å². The first-order chi connectivity index (χ1) is 13.5. The Morgan fingerprint density at radius 1 is 1.07 bits per heavy atom. The first-order valence-electron chi connectivity index (χ1n) is 8.60. The molecule has 1 aliphatic rings. The average molecular weight is 394 g/mol. The van der Waals surface area contributed by atoms with Gasteiger partial charge in [-0.05, 0) is 12.1 Å². The fraction of sp³-hybridized carbons (Fsp3) is 0.316. The van der Waals surface area contributed by atoms with Crippen molar-refractivity contribution in [2.75, 3.05) is 26.9 Å². The highest BCUT2D eigenvalue weighted by Gasteiger charge is 2.38. The Bertz CT molecular complexity index is 1000. The Labute approximate surface area is 158 Å². The van der Waals surface area contributed by atoms with Gasteiger partial charge in [-0.15, -0.1) is 0 Å². The Morgan fingerprint density at radius 2 is 1.75 bits per heavy atom. The Morgan fingerprint density at radius 3 is 2.43 bits per heavy atom. The molecule has 0 radical (unpaired) electrons. The number of rotatable bonds is 5. The van der Waals surface area contributed by atoms with Crippen molar-refractivity contribution >= 4 is 11.0 Å². The number of nitrogens with zero attached hydrogens (tertiary/aromatic N) is 2. The minimum Gasteiger partial charge on any atom is -0.493 e. The van der Waals surface area contributed by atoms with Crippen LogP contribution in [0.25, 0.3) is 11.0 Å². The molecule has 2 aromatic carbocycles. The molecule has 28 heavy (non-hydrogen) atoms. The standard InChI is InChI=1S/C19H17F3N2O4/c1-25-14-4-2-3-5-15(14)26-7-6-24-13-11-17-16(27-8-9-28-17)10-12(13)23-18(24)19(20,21)22/h2-5,10-11H,6-9H2,1H3. The van der Waals surface area contributed by atoms with Crippen LogP contribution in [0.1, 0.15) is 5.82 Å². The summed E-state index contributed by atoms with van der Waals surface area (Å²) >= 11 is 0. The largest absolute Gasteiger partial charge is 0.493 e. The van der Waals surface area contributed by atoms with E-state index in [1.54, 1.807) is 24.3 Å². The lowest BCUT2D eigenvalue weighted by Crippen LogP contribution is -2.18. The van der Waals surface area contributed by atoms with E-state index < -0.39 is 12.0 Å². The summed E-state index contributed by atoms with van der Waals surface area (Å²) in [5.74, 6) is 0.765. The summed E-state index contributed by atoms with van der Waals surface area (Å²) in [5.41, 5.74) is 0.495. The molecular weight excluding hydrogens is 377 g/mol. The van der Waals surface area contributed by atoms with Gasteiger partial charge < -0.3 is 23.5 Å². The molecule has 148 valence electrons. The van der Waals surface area contributed by atoms with Crippen LogP contribution in [0.5, 0.6) is 23.0 Å². The van der Waals surface area contributed by atoms with Gasteiger partial charge in [-0.1, -0.05) is 12.1 Å². The van der Waals surface area contributed by atoms with Gasteiger partial charge >= 0.3 is 6.18 Å². The highest BCUT2D eigenvalue weighted by molar-refractivity contribution is 5.81. The van der Waals surface area contributed by atoms with Crippen LogP contribution in [0.4, 0.5) is 13.2 Å². The van der Waals surface area contributed by atoms with Crippen molar-refractivity contribution in [2.24, 2.45) is 0 Å². The fourth-order valence-corrected chi connectivity index (χ4v) is 3.09. The monoisotopic (exact) mass is 394 g/mol. The van der Waals surface area contributed by atoms with Crippen molar-refractivity contribution in [1.82, 2.24) is 9.55 Å². The van der Waals surface area contributed by atoms with Crippen molar-refractivity contribution in [3.63, 3.8) is 0 Å². The molecule has 0 saturated carbocycles. The summed E-state index contributed by atoms with van der Waals surface area (Å²) in [6.07, 6.45) is -4.61. The first kappa shape index (κ1) is 18.3. The van der Waals surface area contributed by atoms with Crippen LogP contribution in [0.15, 0.2) is 36.4 Å². The minimum absolute atomic E-state index is 0.00333. The van der Waals surface area contributed by atoms with Crippen LogP contribution in [-0.2, 0) is 12.7 Å². The molecule has 4 rings (SSSR count). The summed E-state index contributed by atoms with van der Waals surface area (Å²) < 4.78 is 63.4. The molecule has 0 N–H and O–H groups in total. The maximum Gasteiger partial charge on any atom is 0.449 e. The molecule has 1 aromatic heterocycles. The number of aromatic nitrogens is 2. The predicted molar refractivity (Wildman–Crippen MR) is 94.2 cm³/mol. The fourth-order valence-electron chi connectivity index (χ4n) is 3.09. The summed E-state index contributed by atoms with van der Waals surface area (Å²) in [6, 6.07) is 9.94. The topological polar surface area (TPSA) is 54.7 Å². The van der Waals surface area contributed by atoms with E-state index in [9.17, 15) is 13.2 Å². The van der Waals surface area contributed by atoms with E-state index >= 15 is 0 Å². The third kappa shape index (κ3) is 3.39. The lowest BCUT2D eigenvalue weighted by molar-refractivity contribution is -0.147. The smallest absolute Gasteiger partial charge is 0.449 e. The number of hydrogen-bond acceptors (Lipinski definition) is 5. The van der Waals surface area contributed by atoms with Crippen LogP contribution >= 0.6 is 0 Å². The zero-order valence-corrected chi connectivity index (χ0v) is 15.0. The van der Waals surface area contributed by atoms with Crippen molar-refractivity contribution in [3.8, 4) is 23.0 Å². The van der Waals surface area contributed by atoms with Crippen LogP contribution < -0.4 is 18.9 Å². The highest BCUT2D eigenvalue weighted by atomic mass is 19.4. The molecule has 0 bridgehead atoms. The molecule has 0 fully saturated rings. The molecule has 0 spiro atoms.